The number of benzene rings is 2. The summed E-state index contributed by atoms with van der Waals surface area (Å²) >= 11 is 0. The molecule has 0 spiro atoms. The minimum absolute atomic E-state index is 0.00229. The van der Waals surface area contributed by atoms with Gasteiger partial charge in [-0.1, -0.05) is 6.07 Å². The lowest BCUT2D eigenvalue weighted by molar-refractivity contribution is 0.0989. The molecule has 0 fully saturated rings. The highest BCUT2D eigenvalue weighted by Crippen LogP contribution is 2.31. The van der Waals surface area contributed by atoms with Crippen molar-refractivity contribution in [2.75, 3.05) is 23.8 Å². The quantitative estimate of drug-likeness (QED) is 0.695. The Morgan fingerprint density at radius 1 is 1.10 bits per heavy atom. The molecule has 2 aromatic carbocycles. The van der Waals surface area contributed by atoms with Gasteiger partial charge in [-0.3, -0.25) is 4.79 Å². The van der Waals surface area contributed by atoms with E-state index in [1.807, 2.05) is 13.8 Å². The van der Waals surface area contributed by atoms with Crippen molar-refractivity contribution in [3.8, 4) is 0 Å². The minimum atomic E-state index is -3.54. The number of amides is 3. The zero-order valence-electron chi connectivity index (χ0n) is 16.5. The molecule has 3 amide bonds. The Hall–Kier alpha value is -2.91. The van der Waals surface area contributed by atoms with Crippen molar-refractivity contribution < 1.29 is 18.0 Å². The lowest BCUT2D eigenvalue weighted by Crippen LogP contribution is -2.34. The normalized spacial score (nSPS) is 13.3. The summed E-state index contributed by atoms with van der Waals surface area (Å²) < 4.78 is 26.3. The highest BCUT2D eigenvalue weighted by Gasteiger charge is 2.27. The van der Waals surface area contributed by atoms with E-state index in [1.54, 1.807) is 41.3 Å². The van der Waals surface area contributed by atoms with E-state index in [0.717, 1.165) is 5.56 Å². The van der Waals surface area contributed by atoms with Gasteiger partial charge in [0.25, 0.3) is 5.91 Å². The van der Waals surface area contributed by atoms with Crippen molar-refractivity contribution in [3.63, 3.8) is 0 Å². The molecule has 0 radical (unpaired) electrons. The first-order chi connectivity index (χ1) is 13.7. The van der Waals surface area contributed by atoms with Crippen molar-refractivity contribution in [2.24, 2.45) is 0 Å². The van der Waals surface area contributed by atoms with Crippen molar-refractivity contribution in [2.45, 2.75) is 31.2 Å². The van der Waals surface area contributed by atoms with Crippen molar-refractivity contribution in [1.82, 2.24) is 10.0 Å². The van der Waals surface area contributed by atoms with Crippen molar-refractivity contribution in [3.05, 3.63) is 53.6 Å². The highest BCUT2D eigenvalue weighted by atomic mass is 32.2. The summed E-state index contributed by atoms with van der Waals surface area (Å²) in [5.74, 6) is -0.208. The first kappa shape index (κ1) is 20.8. The second-order valence-electron chi connectivity index (χ2n) is 7.04. The number of fused-ring (bicyclic) bond motifs is 1. The van der Waals surface area contributed by atoms with Gasteiger partial charge in [-0.15, -0.1) is 0 Å². The highest BCUT2D eigenvalue weighted by molar-refractivity contribution is 7.89. The van der Waals surface area contributed by atoms with Crippen LogP contribution in [0, 0.1) is 0 Å². The van der Waals surface area contributed by atoms with Gasteiger partial charge in [0.2, 0.25) is 10.0 Å². The first-order valence-corrected chi connectivity index (χ1v) is 10.8. The molecule has 29 heavy (non-hydrogen) atoms. The molecular weight excluding hydrogens is 392 g/mol. The summed E-state index contributed by atoms with van der Waals surface area (Å²) in [7, 11) is -2.17. The largest absolute Gasteiger partial charge is 0.336 e. The van der Waals surface area contributed by atoms with Gasteiger partial charge in [-0.05, 0) is 69.3 Å². The van der Waals surface area contributed by atoms with Crippen LogP contribution in [0.25, 0.3) is 0 Å². The lowest BCUT2D eigenvalue weighted by Gasteiger charge is -2.18. The number of sulfonamides is 1. The molecule has 0 unspecified atom stereocenters. The number of hydrogen-bond donors (Lipinski definition) is 3. The summed E-state index contributed by atoms with van der Waals surface area (Å²) in [5, 5.41) is 5.44. The van der Waals surface area contributed by atoms with E-state index in [4.69, 9.17) is 0 Å². The molecule has 0 aromatic heterocycles. The Bertz CT molecular complexity index is 1050. The molecule has 0 bridgehead atoms. The predicted octanol–water partition coefficient (Wildman–Crippen LogP) is 2.33. The van der Waals surface area contributed by atoms with Crippen LogP contribution in [0.3, 0.4) is 0 Å². The number of carbonyl (C=O) groups is 2. The van der Waals surface area contributed by atoms with Crippen LogP contribution in [0.5, 0.6) is 0 Å². The molecule has 0 saturated carbocycles. The molecule has 9 heteroatoms. The van der Waals surface area contributed by atoms with Crippen LogP contribution in [0.15, 0.2) is 47.4 Å². The maximum Gasteiger partial charge on any atom is 0.319 e. The monoisotopic (exact) mass is 416 g/mol. The van der Waals surface area contributed by atoms with Crippen molar-refractivity contribution >= 4 is 33.3 Å². The van der Waals surface area contributed by atoms with Crippen LogP contribution in [0.2, 0.25) is 0 Å². The molecule has 1 aliphatic heterocycles. The van der Waals surface area contributed by atoms with E-state index < -0.39 is 10.0 Å². The molecule has 0 saturated heterocycles. The molecule has 154 valence electrons. The number of hydrogen-bond acceptors (Lipinski definition) is 4. The van der Waals surface area contributed by atoms with E-state index in [2.05, 4.69) is 15.4 Å². The van der Waals surface area contributed by atoms with Crippen LogP contribution < -0.4 is 20.3 Å². The average molecular weight is 417 g/mol. The number of carbonyl (C=O) groups excluding carboxylic acids is 2. The fraction of sp³-hybridized carbons (Fsp3) is 0.300. The van der Waals surface area contributed by atoms with Gasteiger partial charge >= 0.3 is 6.03 Å². The number of anilines is 2. The zero-order valence-corrected chi connectivity index (χ0v) is 17.3. The maximum atomic E-state index is 13.0. The Morgan fingerprint density at radius 2 is 1.86 bits per heavy atom. The molecule has 8 nitrogen and oxygen atoms in total. The second-order valence-corrected chi connectivity index (χ2v) is 8.93. The van der Waals surface area contributed by atoms with Gasteiger partial charge in [-0.2, -0.15) is 0 Å². The Morgan fingerprint density at radius 3 is 2.55 bits per heavy atom. The number of nitrogens with zero attached hydrogens (tertiary/aromatic N) is 1. The number of urea groups is 1. The topological polar surface area (TPSA) is 108 Å². The third-order valence-electron chi connectivity index (χ3n) is 4.56. The summed E-state index contributed by atoms with van der Waals surface area (Å²) in [5.41, 5.74) is 2.46. The van der Waals surface area contributed by atoms with Gasteiger partial charge < -0.3 is 15.5 Å². The van der Waals surface area contributed by atoms with E-state index >= 15 is 0 Å². The first-order valence-electron chi connectivity index (χ1n) is 9.27. The van der Waals surface area contributed by atoms with E-state index in [0.29, 0.717) is 29.9 Å². The molecule has 0 aliphatic carbocycles. The molecule has 1 aliphatic rings. The number of nitrogens with one attached hydrogen (secondary N) is 3. The third-order valence-corrected chi connectivity index (χ3v) is 5.97. The smallest absolute Gasteiger partial charge is 0.319 e. The Labute approximate surface area is 170 Å². The Balaban J connectivity index is 1.81. The minimum Gasteiger partial charge on any atom is -0.336 e. The van der Waals surface area contributed by atoms with E-state index in [1.165, 1.54) is 13.1 Å². The summed E-state index contributed by atoms with van der Waals surface area (Å²) in [6.07, 6.45) is 0.572. The van der Waals surface area contributed by atoms with E-state index in [9.17, 15) is 18.0 Å². The predicted molar refractivity (Wildman–Crippen MR) is 112 cm³/mol. The fourth-order valence-electron chi connectivity index (χ4n) is 3.19. The maximum absolute atomic E-state index is 13.0. The summed E-state index contributed by atoms with van der Waals surface area (Å²) in [6.45, 7) is 4.18. The van der Waals surface area contributed by atoms with Crippen molar-refractivity contribution in [1.29, 1.82) is 0 Å². The van der Waals surface area contributed by atoms with Crippen LogP contribution in [0.1, 0.15) is 29.8 Å². The van der Waals surface area contributed by atoms with E-state index in [-0.39, 0.29) is 22.9 Å². The summed E-state index contributed by atoms with van der Waals surface area (Å²) in [6, 6.07) is 11.1. The standard InChI is InChI=1S/C20H24N4O4S/c1-13(2)22-20(26)23-16-6-4-5-15(11-16)19(25)24-10-9-14-12-17(7-8-18(14)24)29(27,28)21-3/h4-8,11-13,21H,9-10H2,1-3H3,(H2,22,23,26). The average Bonchev–Trinajstić information content (AvgIpc) is 3.10. The second kappa shape index (κ2) is 8.22. The Kier molecular flexibility index (Phi) is 5.90. The fourth-order valence-corrected chi connectivity index (χ4v) is 3.97. The summed E-state index contributed by atoms with van der Waals surface area (Å²) in [4.78, 5) is 26.7. The van der Waals surface area contributed by atoms with Gasteiger partial charge in [-0.25, -0.2) is 17.9 Å². The van der Waals surface area contributed by atoms with Crippen LogP contribution in [0.4, 0.5) is 16.2 Å². The van der Waals surface area contributed by atoms with Crippen LogP contribution >= 0.6 is 0 Å². The lowest BCUT2D eigenvalue weighted by atomic mass is 10.1. The molecule has 0 atom stereocenters. The SMILES string of the molecule is CNS(=O)(=O)c1ccc2c(c1)CCN2C(=O)c1cccc(NC(=O)NC(C)C)c1. The molecular formula is C20H24N4O4S. The molecule has 1 heterocycles. The van der Waals surface area contributed by atoms with Crippen LogP contribution in [-0.4, -0.2) is 40.0 Å². The van der Waals surface area contributed by atoms with Gasteiger partial charge in [0.1, 0.15) is 0 Å². The zero-order chi connectivity index (χ0) is 21.2. The number of rotatable bonds is 5. The van der Waals surface area contributed by atoms with Gasteiger partial charge in [0, 0.05) is 29.5 Å². The molecule has 2 aromatic rings. The van der Waals surface area contributed by atoms with Gasteiger partial charge in [0.05, 0.1) is 4.90 Å². The third kappa shape index (κ3) is 4.57. The van der Waals surface area contributed by atoms with Gasteiger partial charge in [0.15, 0.2) is 0 Å². The molecule has 3 N–H and O–H groups in total. The molecule has 3 rings (SSSR count). The van der Waals surface area contributed by atoms with Crippen LogP contribution in [-0.2, 0) is 16.4 Å².